The molecule has 3 rings (SSSR count). The Labute approximate surface area is 131 Å². The number of carbonyl (C=O) groups excluding carboxylic acids is 1. The van der Waals surface area contributed by atoms with Crippen LogP contribution in [0.2, 0.25) is 0 Å². The summed E-state index contributed by atoms with van der Waals surface area (Å²) in [4.78, 5) is 14.4. The number of nitrogens with one attached hydrogen (secondary N) is 2. The molecule has 0 aliphatic carbocycles. The first-order valence-corrected chi connectivity index (χ1v) is 7.25. The maximum atomic E-state index is 14.2. The second-order valence-corrected chi connectivity index (χ2v) is 5.07. The van der Waals surface area contributed by atoms with Crippen molar-refractivity contribution in [3.05, 3.63) is 47.7 Å². The van der Waals surface area contributed by atoms with E-state index < -0.39 is 0 Å². The van der Waals surface area contributed by atoms with Crippen LogP contribution < -0.4 is 10.1 Å². The van der Waals surface area contributed by atoms with Crippen LogP contribution in [0.3, 0.4) is 0 Å². The van der Waals surface area contributed by atoms with Crippen molar-refractivity contribution in [2.24, 2.45) is 0 Å². The zero-order chi connectivity index (χ0) is 16.2. The quantitative estimate of drug-likeness (QED) is 0.732. The first kappa shape index (κ1) is 15.1. The van der Waals surface area contributed by atoms with Crippen LogP contribution in [0.1, 0.15) is 24.7 Å². The van der Waals surface area contributed by atoms with E-state index in [1.54, 1.807) is 25.1 Å². The summed E-state index contributed by atoms with van der Waals surface area (Å²) in [5.41, 5.74) is 1.97. The average Bonchev–Trinajstić information content (AvgIpc) is 3.20. The monoisotopic (exact) mass is 317 g/mol. The van der Waals surface area contributed by atoms with Gasteiger partial charge in [-0.3, -0.25) is 4.79 Å². The number of fused-ring (bicyclic) bond motifs is 1. The topological polar surface area (TPSA) is 80.2 Å². The van der Waals surface area contributed by atoms with Gasteiger partial charge < -0.3 is 19.6 Å². The Balaban J connectivity index is 1.76. The van der Waals surface area contributed by atoms with Crippen molar-refractivity contribution in [1.29, 1.82) is 0 Å². The molecule has 0 saturated carbocycles. The van der Waals surface area contributed by atoms with E-state index in [-0.39, 0.29) is 18.3 Å². The van der Waals surface area contributed by atoms with Gasteiger partial charge in [0.2, 0.25) is 5.91 Å². The predicted octanol–water partition coefficient (Wildman–Crippen LogP) is 2.90. The van der Waals surface area contributed by atoms with Crippen LogP contribution in [0.5, 0.6) is 5.75 Å². The highest BCUT2D eigenvalue weighted by Gasteiger charge is 2.10. The minimum atomic E-state index is -0.387. The third-order valence-corrected chi connectivity index (χ3v) is 3.39. The fraction of sp³-hybridized carbons (Fsp3) is 0.250. The van der Waals surface area contributed by atoms with Crippen molar-refractivity contribution in [3.63, 3.8) is 0 Å². The summed E-state index contributed by atoms with van der Waals surface area (Å²) in [5.74, 6) is -0.0493. The lowest BCUT2D eigenvalue weighted by Crippen LogP contribution is -2.21. The number of hydrogen-bond acceptors (Lipinski definition) is 4. The van der Waals surface area contributed by atoms with E-state index in [2.05, 4.69) is 15.5 Å². The second kappa shape index (κ2) is 6.51. The summed E-state index contributed by atoms with van der Waals surface area (Å²) in [6.45, 7) is 2.30. The summed E-state index contributed by atoms with van der Waals surface area (Å²) in [6.07, 6.45) is 1.86. The minimum absolute atomic E-state index is 0.0548. The van der Waals surface area contributed by atoms with Gasteiger partial charge in [-0.2, -0.15) is 0 Å². The number of halogens is 1. The number of ether oxygens (including phenoxy) is 1. The van der Waals surface area contributed by atoms with Crippen LogP contribution >= 0.6 is 0 Å². The summed E-state index contributed by atoms with van der Waals surface area (Å²) >= 11 is 0. The van der Waals surface area contributed by atoms with Gasteiger partial charge in [0, 0.05) is 35.7 Å². The molecule has 1 amide bonds. The van der Waals surface area contributed by atoms with E-state index in [1.165, 1.54) is 12.3 Å². The lowest BCUT2D eigenvalue weighted by atomic mass is 10.2. The molecule has 23 heavy (non-hydrogen) atoms. The molecule has 2 N–H and O–H groups in total. The van der Waals surface area contributed by atoms with Gasteiger partial charge in [0.1, 0.15) is 30.1 Å². The van der Waals surface area contributed by atoms with E-state index in [9.17, 15) is 9.18 Å². The highest BCUT2D eigenvalue weighted by molar-refractivity contribution is 5.83. The Morgan fingerprint density at radius 1 is 1.43 bits per heavy atom. The van der Waals surface area contributed by atoms with Crippen molar-refractivity contribution in [2.75, 3.05) is 0 Å². The number of hydrogen-bond donors (Lipinski definition) is 2. The lowest BCUT2D eigenvalue weighted by Gasteiger charge is -2.04. The van der Waals surface area contributed by atoms with Gasteiger partial charge in [0.05, 0.1) is 12.1 Å². The number of nitrogens with zero attached hydrogens (tertiary/aromatic N) is 1. The molecule has 0 aliphatic heterocycles. The smallest absolute Gasteiger partial charge is 0.220 e. The van der Waals surface area contributed by atoms with E-state index >= 15 is 0 Å². The van der Waals surface area contributed by atoms with Crippen LogP contribution in [0.25, 0.3) is 10.9 Å². The molecular weight excluding hydrogens is 301 g/mol. The summed E-state index contributed by atoms with van der Waals surface area (Å²) in [6, 6.07) is 6.40. The molecule has 0 spiro atoms. The molecule has 120 valence electrons. The molecule has 3 aromatic rings. The third kappa shape index (κ3) is 3.50. The molecule has 0 fully saturated rings. The normalized spacial score (nSPS) is 10.9. The molecule has 0 atom stereocenters. The maximum Gasteiger partial charge on any atom is 0.220 e. The predicted molar refractivity (Wildman–Crippen MR) is 81.2 cm³/mol. The van der Waals surface area contributed by atoms with Crippen molar-refractivity contribution in [3.8, 4) is 5.75 Å². The number of benzene rings is 1. The molecule has 6 nitrogen and oxygen atoms in total. The molecule has 0 aliphatic rings. The standard InChI is InChI=1S/C16H16FN3O3/c1-2-16(21)18-8-11-5-13-14(17)6-12(7-15(13)19-11)22-9-10-3-4-23-20-10/h3-7,19H,2,8-9H2,1H3,(H,18,21). The highest BCUT2D eigenvalue weighted by Crippen LogP contribution is 2.25. The Kier molecular flexibility index (Phi) is 4.27. The van der Waals surface area contributed by atoms with Gasteiger partial charge in [-0.25, -0.2) is 4.39 Å². The van der Waals surface area contributed by atoms with E-state index in [1.807, 2.05) is 0 Å². The number of aromatic amines is 1. The van der Waals surface area contributed by atoms with E-state index in [0.717, 1.165) is 5.69 Å². The average molecular weight is 317 g/mol. The molecule has 7 heteroatoms. The molecule has 0 bridgehead atoms. The number of carbonyl (C=O) groups is 1. The number of H-pyrrole nitrogens is 1. The zero-order valence-electron chi connectivity index (χ0n) is 12.6. The van der Waals surface area contributed by atoms with Crippen molar-refractivity contribution in [1.82, 2.24) is 15.5 Å². The fourth-order valence-electron chi connectivity index (χ4n) is 2.19. The third-order valence-electron chi connectivity index (χ3n) is 3.39. The largest absolute Gasteiger partial charge is 0.487 e. The molecule has 0 radical (unpaired) electrons. The lowest BCUT2D eigenvalue weighted by molar-refractivity contribution is -0.120. The second-order valence-electron chi connectivity index (χ2n) is 5.07. The molecule has 2 aromatic heterocycles. The summed E-state index contributed by atoms with van der Waals surface area (Å²) in [5, 5.41) is 6.93. The Morgan fingerprint density at radius 3 is 3.04 bits per heavy atom. The highest BCUT2D eigenvalue weighted by atomic mass is 19.1. The van der Waals surface area contributed by atoms with E-state index in [0.29, 0.717) is 35.3 Å². The Morgan fingerprint density at radius 2 is 2.30 bits per heavy atom. The molecule has 2 heterocycles. The minimum Gasteiger partial charge on any atom is -0.487 e. The van der Waals surface area contributed by atoms with Gasteiger partial charge in [-0.05, 0) is 6.07 Å². The first-order chi connectivity index (χ1) is 11.2. The SMILES string of the molecule is CCC(=O)NCc1cc2c(F)cc(OCc3ccon3)cc2[nH]1. The summed E-state index contributed by atoms with van der Waals surface area (Å²) in [7, 11) is 0. The number of rotatable bonds is 6. The first-order valence-electron chi connectivity index (χ1n) is 7.25. The van der Waals surface area contributed by atoms with Crippen LogP contribution in [0, 0.1) is 5.82 Å². The summed E-state index contributed by atoms with van der Waals surface area (Å²) < 4.78 is 24.4. The number of aromatic nitrogens is 2. The van der Waals surface area contributed by atoms with Gasteiger partial charge in [0.25, 0.3) is 0 Å². The van der Waals surface area contributed by atoms with Crippen LogP contribution in [-0.2, 0) is 17.9 Å². The van der Waals surface area contributed by atoms with Crippen molar-refractivity contribution in [2.45, 2.75) is 26.5 Å². The molecule has 1 aromatic carbocycles. The van der Waals surface area contributed by atoms with Crippen LogP contribution in [0.4, 0.5) is 4.39 Å². The fourth-order valence-corrected chi connectivity index (χ4v) is 2.19. The maximum absolute atomic E-state index is 14.2. The van der Waals surface area contributed by atoms with Gasteiger partial charge >= 0.3 is 0 Å². The van der Waals surface area contributed by atoms with E-state index in [4.69, 9.17) is 9.26 Å². The molecule has 0 unspecified atom stereocenters. The van der Waals surface area contributed by atoms with Crippen molar-refractivity contribution >= 4 is 16.8 Å². The van der Waals surface area contributed by atoms with Crippen LogP contribution in [-0.4, -0.2) is 16.0 Å². The number of amides is 1. The molecule has 0 saturated heterocycles. The van der Waals surface area contributed by atoms with Gasteiger partial charge in [-0.15, -0.1) is 0 Å². The zero-order valence-corrected chi connectivity index (χ0v) is 12.6. The van der Waals surface area contributed by atoms with Crippen LogP contribution in [0.15, 0.2) is 35.1 Å². The molecular formula is C16H16FN3O3. The van der Waals surface area contributed by atoms with Crippen molar-refractivity contribution < 1.29 is 18.4 Å². The van der Waals surface area contributed by atoms with Gasteiger partial charge in [-0.1, -0.05) is 12.1 Å². The Hall–Kier alpha value is -2.83. The van der Waals surface area contributed by atoms with Gasteiger partial charge in [0.15, 0.2) is 0 Å². The Bertz CT molecular complexity index is 811.